The van der Waals surface area contributed by atoms with E-state index in [2.05, 4.69) is 13.8 Å². The number of carboxylic acids is 1. The number of hydrogen-bond donors (Lipinski definition) is 4. The van der Waals surface area contributed by atoms with Crippen molar-refractivity contribution in [2.24, 2.45) is 0 Å². The molecule has 0 aromatic rings. The SMILES string of the molecule is CCCCC/C=C(\O)C[N+](CCO)(C/C(O)=C/CCCCC)C(CCC)C(=O)O. The van der Waals surface area contributed by atoms with Gasteiger partial charge in [0.1, 0.15) is 31.2 Å². The first-order chi connectivity index (χ1) is 13.9. The number of carbonyl (C=O) groups is 1. The highest BCUT2D eigenvalue weighted by molar-refractivity contribution is 5.72. The lowest BCUT2D eigenvalue weighted by Gasteiger charge is -2.42. The molecule has 0 radical (unpaired) electrons. The zero-order valence-electron chi connectivity index (χ0n) is 18.8. The number of quaternary nitrogens is 1. The van der Waals surface area contributed by atoms with Gasteiger partial charge in [0.2, 0.25) is 0 Å². The highest BCUT2D eigenvalue weighted by Gasteiger charge is 2.42. The molecule has 29 heavy (non-hydrogen) atoms. The molecule has 1 unspecified atom stereocenters. The molecule has 6 heteroatoms. The standard InChI is InChI=1S/C23H43NO5/c1-4-7-9-11-14-20(26)18-24(16-17-25,22(13-6-3)23(28)29)19-21(27)15-12-10-8-5-2/h14-15,22,25H,4-13,16-19H2,1-3H3,(H2-,26,27,28,29)/p+1/b20-14-,21-15-. The van der Waals surface area contributed by atoms with Gasteiger partial charge in [-0.1, -0.05) is 46.5 Å². The predicted molar refractivity (Wildman–Crippen MR) is 118 cm³/mol. The van der Waals surface area contributed by atoms with Gasteiger partial charge in [0.05, 0.1) is 6.61 Å². The molecule has 0 rings (SSSR count). The number of rotatable bonds is 18. The number of hydrogen-bond acceptors (Lipinski definition) is 4. The van der Waals surface area contributed by atoms with Crippen LogP contribution in [0.5, 0.6) is 0 Å². The lowest BCUT2D eigenvalue weighted by Crippen LogP contribution is -2.61. The molecule has 0 saturated heterocycles. The molecule has 0 aromatic heterocycles. The molecule has 0 bridgehead atoms. The van der Waals surface area contributed by atoms with E-state index in [-0.39, 0.29) is 42.2 Å². The van der Waals surface area contributed by atoms with Crippen LogP contribution in [0.2, 0.25) is 0 Å². The first-order valence-corrected chi connectivity index (χ1v) is 11.3. The Kier molecular flexibility index (Phi) is 15.4. The Morgan fingerprint density at radius 2 is 1.31 bits per heavy atom. The third-order valence-corrected chi connectivity index (χ3v) is 5.38. The van der Waals surface area contributed by atoms with Gasteiger partial charge in [-0.25, -0.2) is 4.79 Å². The molecule has 0 aliphatic heterocycles. The van der Waals surface area contributed by atoms with Gasteiger partial charge in [-0.3, -0.25) is 4.48 Å². The maximum Gasteiger partial charge on any atom is 0.362 e. The summed E-state index contributed by atoms with van der Waals surface area (Å²) in [6.07, 6.45) is 12.4. The van der Waals surface area contributed by atoms with Gasteiger partial charge in [0, 0.05) is 6.42 Å². The number of aliphatic carboxylic acids is 1. The van der Waals surface area contributed by atoms with Crippen molar-refractivity contribution in [3.05, 3.63) is 23.7 Å². The smallest absolute Gasteiger partial charge is 0.362 e. The number of nitrogens with zero attached hydrogens (tertiary/aromatic N) is 1. The van der Waals surface area contributed by atoms with E-state index in [1.165, 1.54) is 0 Å². The van der Waals surface area contributed by atoms with Crippen LogP contribution in [0.1, 0.15) is 85.0 Å². The minimum atomic E-state index is -0.960. The van der Waals surface area contributed by atoms with Crippen molar-refractivity contribution in [2.45, 2.75) is 91.0 Å². The molecule has 170 valence electrons. The first-order valence-electron chi connectivity index (χ1n) is 11.3. The van der Waals surface area contributed by atoms with Crippen molar-refractivity contribution < 1.29 is 29.7 Å². The van der Waals surface area contributed by atoms with Crippen LogP contribution in [-0.2, 0) is 4.79 Å². The van der Waals surface area contributed by atoms with Crippen LogP contribution in [-0.4, -0.2) is 63.2 Å². The maximum absolute atomic E-state index is 12.1. The van der Waals surface area contributed by atoms with Gasteiger partial charge in [-0.2, -0.15) is 0 Å². The van der Waals surface area contributed by atoms with Gasteiger partial charge >= 0.3 is 5.97 Å². The summed E-state index contributed by atoms with van der Waals surface area (Å²) in [5, 5.41) is 40.7. The topological polar surface area (TPSA) is 98.0 Å². The van der Waals surface area contributed by atoms with Gasteiger partial charge < -0.3 is 20.4 Å². The van der Waals surface area contributed by atoms with E-state index in [1.807, 2.05) is 6.92 Å². The van der Waals surface area contributed by atoms with Crippen molar-refractivity contribution in [3.63, 3.8) is 0 Å². The number of aliphatic hydroxyl groups excluding tert-OH is 3. The number of unbranched alkanes of at least 4 members (excludes halogenated alkanes) is 6. The Hall–Kier alpha value is -1.53. The van der Waals surface area contributed by atoms with Crippen LogP contribution >= 0.6 is 0 Å². The average Bonchev–Trinajstić information content (AvgIpc) is 2.66. The summed E-state index contributed by atoms with van der Waals surface area (Å²) in [6, 6.07) is -0.801. The number of allylic oxidation sites excluding steroid dienone is 2. The largest absolute Gasteiger partial charge is 0.507 e. The summed E-state index contributed by atoms with van der Waals surface area (Å²) >= 11 is 0. The number of carboxylic acid groups (broad SMARTS) is 1. The first kappa shape index (κ1) is 27.5. The van der Waals surface area contributed by atoms with E-state index in [0.29, 0.717) is 12.8 Å². The third kappa shape index (κ3) is 11.3. The minimum Gasteiger partial charge on any atom is -0.507 e. The second-order valence-corrected chi connectivity index (χ2v) is 8.01. The van der Waals surface area contributed by atoms with Crippen LogP contribution in [0.25, 0.3) is 0 Å². The van der Waals surface area contributed by atoms with Crippen LogP contribution < -0.4 is 0 Å². The molecular weight excluding hydrogens is 370 g/mol. The molecule has 0 saturated carbocycles. The summed E-state index contributed by atoms with van der Waals surface area (Å²) in [4.78, 5) is 12.1. The van der Waals surface area contributed by atoms with Crippen LogP contribution in [0.3, 0.4) is 0 Å². The third-order valence-electron chi connectivity index (χ3n) is 5.38. The Bertz CT molecular complexity index is 473. The van der Waals surface area contributed by atoms with Crippen molar-refractivity contribution >= 4 is 5.97 Å². The van der Waals surface area contributed by atoms with E-state index in [9.17, 15) is 25.2 Å². The summed E-state index contributed by atoms with van der Waals surface area (Å²) < 4.78 is -0.0775. The van der Waals surface area contributed by atoms with Crippen LogP contribution in [0.4, 0.5) is 0 Å². The molecule has 4 N–H and O–H groups in total. The Morgan fingerprint density at radius 3 is 1.66 bits per heavy atom. The zero-order valence-corrected chi connectivity index (χ0v) is 18.8. The fourth-order valence-corrected chi connectivity index (χ4v) is 3.79. The molecule has 0 aliphatic rings. The van der Waals surface area contributed by atoms with E-state index in [1.54, 1.807) is 12.2 Å². The monoisotopic (exact) mass is 414 g/mol. The quantitative estimate of drug-likeness (QED) is 0.142. The Morgan fingerprint density at radius 1 is 0.828 bits per heavy atom. The van der Waals surface area contributed by atoms with Crippen molar-refractivity contribution in [2.75, 3.05) is 26.2 Å². The maximum atomic E-state index is 12.1. The predicted octanol–water partition coefficient (Wildman–Crippen LogP) is 5.09. The molecule has 0 heterocycles. The summed E-state index contributed by atoms with van der Waals surface area (Å²) in [5.74, 6) is -0.691. The zero-order chi connectivity index (χ0) is 22.1. The minimum absolute atomic E-state index is 0.0775. The molecule has 0 spiro atoms. The van der Waals surface area contributed by atoms with E-state index < -0.39 is 12.0 Å². The van der Waals surface area contributed by atoms with Crippen molar-refractivity contribution in [1.82, 2.24) is 0 Å². The highest BCUT2D eigenvalue weighted by atomic mass is 16.4. The van der Waals surface area contributed by atoms with Crippen LogP contribution in [0.15, 0.2) is 23.7 Å². The highest BCUT2D eigenvalue weighted by Crippen LogP contribution is 2.23. The van der Waals surface area contributed by atoms with Crippen molar-refractivity contribution in [1.29, 1.82) is 0 Å². The fraction of sp³-hybridized carbons (Fsp3) is 0.783. The summed E-state index contributed by atoms with van der Waals surface area (Å²) in [7, 11) is 0. The lowest BCUT2D eigenvalue weighted by molar-refractivity contribution is -0.937. The normalized spacial score (nSPS) is 15.9. The second-order valence-electron chi connectivity index (χ2n) is 8.01. The molecule has 0 aromatic carbocycles. The van der Waals surface area contributed by atoms with Gasteiger partial charge in [0.15, 0.2) is 6.04 Å². The van der Waals surface area contributed by atoms with Crippen LogP contribution in [0, 0.1) is 0 Å². The van der Waals surface area contributed by atoms with E-state index in [0.717, 1.165) is 51.4 Å². The van der Waals surface area contributed by atoms with E-state index >= 15 is 0 Å². The second kappa shape index (κ2) is 16.3. The molecule has 0 fully saturated rings. The van der Waals surface area contributed by atoms with Gasteiger partial charge in [-0.05, 0) is 44.3 Å². The number of aliphatic hydroxyl groups is 3. The molecule has 0 amide bonds. The fourth-order valence-electron chi connectivity index (χ4n) is 3.79. The Balaban J connectivity index is 5.66. The molecule has 1 atom stereocenters. The van der Waals surface area contributed by atoms with E-state index in [4.69, 9.17) is 0 Å². The summed E-state index contributed by atoms with van der Waals surface area (Å²) in [5.41, 5.74) is 0. The molecule has 0 aliphatic carbocycles. The molecule has 6 nitrogen and oxygen atoms in total. The Labute approximate surface area is 177 Å². The average molecular weight is 415 g/mol. The van der Waals surface area contributed by atoms with Crippen molar-refractivity contribution in [3.8, 4) is 0 Å². The summed E-state index contributed by atoms with van der Waals surface area (Å²) in [6.45, 7) is 6.29. The van der Waals surface area contributed by atoms with Gasteiger partial charge in [0.25, 0.3) is 0 Å². The lowest BCUT2D eigenvalue weighted by atomic mass is 10.0. The van der Waals surface area contributed by atoms with Gasteiger partial charge in [-0.15, -0.1) is 0 Å². The molecular formula is C23H44NO5+.